The number of piperidine rings is 1. The van der Waals surface area contributed by atoms with Crippen LogP contribution < -0.4 is 10.6 Å². The average molecular weight is 462 g/mol. The van der Waals surface area contributed by atoms with Crippen LogP contribution in [0.1, 0.15) is 68.3 Å². The van der Waals surface area contributed by atoms with Crippen LogP contribution in [0.15, 0.2) is 24.3 Å². The normalized spacial score (nSPS) is 24.0. The summed E-state index contributed by atoms with van der Waals surface area (Å²) in [7, 11) is 0. The molecule has 2 aliphatic rings. The molecule has 0 radical (unpaired) electrons. The number of amides is 3. The maximum Gasteiger partial charge on any atom is 0.251 e. The van der Waals surface area contributed by atoms with Gasteiger partial charge in [0.05, 0.1) is 11.3 Å². The van der Waals surface area contributed by atoms with Gasteiger partial charge < -0.3 is 15.5 Å². The Morgan fingerprint density at radius 3 is 2.34 bits per heavy atom. The molecule has 3 rings (SSSR count). The van der Waals surface area contributed by atoms with Crippen molar-refractivity contribution >= 4 is 29.3 Å². The van der Waals surface area contributed by atoms with Crippen LogP contribution in [0.5, 0.6) is 0 Å². The highest BCUT2D eigenvalue weighted by Gasteiger charge is 2.37. The average Bonchev–Trinajstić information content (AvgIpc) is 2.80. The van der Waals surface area contributed by atoms with Gasteiger partial charge in [0.15, 0.2) is 0 Å². The zero-order valence-corrected chi connectivity index (χ0v) is 20.2. The van der Waals surface area contributed by atoms with Gasteiger partial charge in [0.25, 0.3) is 5.91 Å². The Bertz CT molecular complexity index is 841. The Labute approximate surface area is 196 Å². The Hall–Kier alpha value is -2.08. The largest absolute Gasteiger partial charge is 0.351 e. The number of carbonyl (C=O) groups excluding carboxylic acids is 3. The molecule has 1 heterocycles. The standard InChI is InChI=1S/C25H36ClN3O3/c1-17-9-4-5-11-19(17)23(31)28-21-13-7-6-12-20(21)27-22(30)18-10-8-14-29(15-18)24(32)25(2,3)16-26/h4-5,9,11,18,20-21H,6-8,10,12-16H2,1-3H3,(H,27,30)(H,28,31)/t18?,20-,21-/m1/s1. The van der Waals surface area contributed by atoms with E-state index in [1.807, 2.05) is 45.0 Å². The van der Waals surface area contributed by atoms with Crippen LogP contribution in [0.2, 0.25) is 0 Å². The van der Waals surface area contributed by atoms with Crippen molar-refractivity contribution in [3.63, 3.8) is 0 Å². The number of aryl methyl sites for hydroxylation is 1. The smallest absolute Gasteiger partial charge is 0.251 e. The molecule has 176 valence electrons. The van der Waals surface area contributed by atoms with Crippen LogP contribution in [0.25, 0.3) is 0 Å². The molecule has 0 spiro atoms. The summed E-state index contributed by atoms with van der Waals surface area (Å²) in [5, 5.41) is 6.36. The van der Waals surface area contributed by atoms with E-state index in [9.17, 15) is 14.4 Å². The van der Waals surface area contributed by atoms with Crippen molar-refractivity contribution in [2.45, 2.75) is 71.4 Å². The Morgan fingerprint density at radius 2 is 1.69 bits per heavy atom. The summed E-state index contributed by atoms with van der Waals surface area (Å²) < 4.78 is 0. The summed E-state index contributed by atoms with van der Waals surface area (Å²) in [4.78, 5) is 40.5. The Balaban J connectivity index is 1.61. The highest BCUT2D eigenvalue weighted by molar-refractivity contribution is 6.19. The van der Waals surface area contributed by atoms with E-state index < -0.39 is 5.41 Å². The van der Waals surface area contributed by atoms with E-state index in [1.165, 1.54) is 0 Å². The third-order valence-corrected chi connectivity index (χ3v) is 7.46. The lowest BCUT2D eigenvalue weighted by molar-refractivity contribution is -0.142. The number of rotatable bonds is 6. The summed E-state index contributed by atoms with van der Waals surface area (Å²) in [6.45, 7) is 6.71. The molecule has 0 aromatic heterocycles. The predicted octanol–water partition coefficient (Wildman–Crippen LogP) is 3.66. The van der Waals surface area contributed by atoms with Crippen LogP contribution >= 0.6 is 11.6 Å². The molecule has 3 amide bonds. The topological polar surface area (TPSA) is 78.5 Å². The van der Waals surface area contributed by atoms with E-state index in [1.54, 1.807) is 4.90 Å². The fourth-order valence-electron chi connectivity index (χ4n) is 4.71. The molecule has 1 saturated heterocycles. The van der Waals surface area contributed by atoms with Gasteiger partial charge in [0.2, 0.25) is 11.8 Å². The van der Waals surface area contributed by atoms with Crippen molar-refractivity contribution in [3.05, 3.63) is 35.4 Å². The van der Waals surface area contributed by atoms with Gasteiger partial charge in [-0.3, -0.25) is 14.4 Å². The first-order valence-electron chi connectivity index (χ1n) is 11.7. The van der Waals surface area contributed by atoms with Gasteiger partial charge in [0.1, 0.15) is 0 Å². The lowest BCUT2D eigenvalue weighted by atomic mass is 9.88. The zero-order chi connectivity index (χ0) is 23.3. The molecule has 1 aliphatic heterocycles. The minimum Gasteiger partial charge on any atom is -0.351 e. The van der Waals surface area contributed by atoms with Crippen LogP contribution in [0.3, 0.4) is 0 Å². The number of likely N-dealkylation sites (tertiary alicyclic amines) is 1. The second kappa shape index (κ2) is 10.7. The zero-order valence-electron chi connectivity index (χ0n) is 19.5. The number of nitrogens with zero attached hydrogens (tertiary/aromatic N) is 1. The first kappa shape index (κ1) is 24.6. The molecular weight excluding hydrogens is 426 g/mol. The minimum absolute atomic E-state index is 0.00559. The second-order valence-electron chi connectivity index (χ2n) is 9.90. The quantitative estimate of drug-likeness (QED) is 0.634. The molecule has 1 saturated carbocycles. The van der Waals surface area contributed by atoms with Crippen LogP contribution in [0.4, 0.5) is 0 Å². The highest BCUT2D eigenvalue weighted by atomic mass is 35.5. The van der Waals surface area contributed by atoms with Gasteiger partial charge in [-0.1, -0.05) is 31.0 Å². The number of hydrogen-bond donors (Lipinski definition) is 2. The monoisotopic (exact) mass is 461 g/mol. The number of nitrogens with one attached hydrogen (secondary N) is 2. The van der Waals surface area contributed by atoms with Crippen molar-refractivity contribution in [1.29, 1.82) is 0 Å². The van der Waals surface area contributed by atoms with E-state index >= 15 is 0 Å². The van der Waals surface area contributed by atoms with Crippen molar-refractivity contribution in [2.24, 2.45) is 11.3 Å². The molecule has 2 N–H and O–H groups in total. The molecule has 1 aromatic carbocycles. The molecule has 2 fully saturated rings. The number of hydrogen-bond acceptors (Lipinski definition) is 3. The molecule has 1 unspecified atom stereocenters. The number of alkyl halides is 1. The van der Waals surface area contributed by atoms with Crippen LogP contribution in [-0.4, -0.2) is 53.7 Å². The maximum atomic E-state index is 13.1. The Morgan fingerprint density at radius 1 is 1.03 bits per heavy atom. The Kier molecular flexibility index (Phi) is 8.21. The molecule has 0 bridgehead atoms. The first-order valence-corrected chi connectivity index (χ1v) is 12.3. The summed E-state index contributed by atoms with van der Waals surface area (Å²) in [5.74, 6) is -0.0801. The number of benzene rings is 1. The summed E-state index contributed by atoms with van der Waals surface area (Å²) in [6, 6.07) is 7.37. The highest BCUT2D eigenvalue weighted by Crippen LogP contribution is 2.26. The van der Waals surface area contributed by atoms with Gasteiger partial charge in [-0.05, 0) is 58.1 Å². The maximum absolute atomic E-state index is 13.1. The number of carbonyl (C=O) groups is 3. The molecule has 1 aliphatic carbocycles. The van der Waals surface area contributed by atoms with E-state index in [2.05, 4.69) is 10.6 Å². The van der Waals surface area contributed by atoms with E-state index in [-0.39, 0.29) is 41.6 Å². The molecule has 7 heteroatoms. The molecule has 3 atom stereocenters. The fourth-order valence-corrected chi connectivity index (χ4v) is 4.83. The van der Waals surface area contributed by atoms with Crippen molar-refractivity contribution in [3.8, 4) is 0 Å². The third kappa shape index (κ3) is 5.83. The molecule has 32 heavy (non-hydrogen) atoms. The van der Waals surface area contributed by atoms with Crippen molar-refractivity contribution in [1.82, 2.24) is 15.5 Å². The van der Waals surface area contributed by atoms with E-state index in [0.717, 1.165) is 44.1 Å². The summed E-state index contributed by atoms with van der Waals surface area (Å²) in [5.41, 5.74) is 0.980. The fraction of sp³-hybridized carbons (Fsp3) is 0.640. The van der Waals surface area contributed by atoms with E-state index in [0.29, 0.717) is 18.7 Å². The first-order chi connectivity index (χ1) is 15.2. The number of halogens is 1. The molecule has 6 nitrogen and oxygen atoms in total. The summed E-state index contributed by atoms with van der Waals surface area (Å²) in [6.07, 6.45) is 5.33. The van der Waals surface area contributed by atoms with Gasteiger partial charge in [-0.25, -0.2) is 0 Å². The molecule has 1 aromatic rings. The van der Waals surface area contributed by atoms with Crippen molar-refractivity contribution < 1.29 is 14.4 Å². The predicted molar refractivity (Wildman–Crippen MR) is 127 cm³/mol. The van der Waals surface area contributed by atoms with Gasteiger partial charge in [0, 0.05) is 36.6 Å². The SMILES string of the molecule is Cc1ccccc1C(=O)N[C@@H]1CCCC[C@H]1NC(=O)C1CCCN(C(=O)C(C)(C)CCl)C1. The lowest BCUT2D eigenvalue weighted by Gasteiger charge is -2.38. The van der Waals surface area contributed by atoms with E-state index in [4.69, 9.17) is 11.6 Å². The van der Waals surface area contributed by atoms with Gasteiger partial charge in [-0.15, -0.1) is 11.6 Å². The summed E-state index contributed by atoms with van der Waals surface area (Å²) >= 11 is 5.99. The molecular formula is C25H36ClN3O3. The van der Waals surface area contributed by atoms with Crippen molar-refractivity contribution in [2.75, 3.05) is 19.0 Å². The van der Waals surface area contributed by atoms with Crippen LogP contribution in [-0.2, 0) is 9.59 Å². The second-order valence-corrected chi connectivity index (χ2v) is 10.2. The van der Waals surface area contributed by atoms with Gasteiger partial charge >= 0.3 is 0 Å². The van der Waals surface area contributed by atoms with Crippen LogP contribution in [0, 0.1) is 18.3 Å². The third-order valence-electron chi connectivity index (χ3n) is 6.79. The minimum atomic E-state index is -0.631. The lowest BCUT2D eigenvalue weighted by Crippen LogP contribution is -2.56. The van der Waals surface area contributed by atoms with Gasteiger partial charge in [-0.2, -0.15) is 0 Å².